The summed E-state index contributed by atoms with van der Waals surface area (Å²) >= 11 is 0. The van der Waals surface area contributed by atoms with Crippen LogP contribution in [0.4, 0.5) is 10.5 Å². The van der Waals surface area contributed by atoms with Crippen LogP contribution in [0.2, 0.25) is 0 Å². The number of amides is 3. The van der Waals surface area contributed by atoms with Crippen LogP contribution in [0.25, 0.3) is 0 Å². The molecular formula is C31H35N3O5. The lowest BCUT2D eigenvalue weighted by Crippen LogP contribution is -2.48. The largest absolute Gasteiger partial charge is 0.497 e. The van der Waals surface area contributed by atoms with Crippen LogP contribution < -0.4 is 15.4 Å². The third-order valence-electron chi connectivity index (χ3n) is 6.84. The van der Waals surface area contributed by atoms with Gasteiger partial charge in [0.05, 0.1) is 7.11 Å². The number of benzene rings is 3. The minimum absolute atomic E-state index is 0.122. The second-order valence-corrected chi connectivity index (χ2v) is 9.87. The average molecular weight is 530 g/mol. The van der Waals surface area contributed by atoms with E-state index in [9.17, 15) is 14.4 Å². The molecular weight excluding hydrogens is 494 g/mol. The average Bonchev–Trinajstić information content (AvgIpc) is 3.46. The van der Waals surface area contributed by atoms with Crippen LogP contribution >= 0.6 is 0 Å². The fraction of sp³-hybridized carbons (Fsp3) is 0.323. The first-order chi connectivity index (χ1) is 18.9. The zero-order valence-electron chi connectivity index (χ0n) is 22.6. The van der Waals surface area contributed by atoms with Gasteiger partial charge in [0.25, 0.3) is 5.91 Å². The van der Waals surface area contributed by atoms with Gasteiger partial charge in [0.1, 0.15) is 24.4 Å². The van der Waals surface area contributed by atoms with Crippen LogP contribution in [0.5, 0.6) is 5.75 Å². The maximum atomic E-state index is 13.5. The summed E-state index contributed by atoms with van der Waals surface area (Å²) in [6.07, 6.45) is 0.604. The van der Waals surface area contributed by atoms with Crippen molar-refractivity contribution in [2.45, 2.75) is 51.3 Å². The van der Waals surface area contributed by atoms with Crippen molar-refractivity contribution in [3.8, 4) is 5.75 Å². The Morgan fingerprint density at radius 2 is 1.59 bits per heavy atom. The van der Waals surface area contributed by atoms with Crippen molar-refractivity contribution in [3.05, 3.63) is 95.6 Å². The monoisotopic (exact) mass is 529 g/mol. The van der Waals surface area contributed by atoms with Crippen LogP contribution in [0.1, 0.15) is 55.3 Å². The zero-order chi connectivity index (χ0) is 27.8. The lowest BCUT2D eigenvalue weighted by atomic mass is 10.0. The molecule has 0 bridgehead atoms. The molecule has 204 valence electrons. The van der Waals surface area contributed by atoms with Gasteiger partial charge in [-0.15, -0.1) is 0 Å². The van der Waals surface area contributed by atoms with Crippen molar-refractivity contribution in [1.29, 1.82) is 0 Å². The summed E-state index contributed by atoms with van der Waals surface area (Å²) in [6, 6.07) is 22.3. The Labute approximate surface area is 229 Å². The lowest BCUT2D eigenvalue weighted by molar-refractivity contribution is -0.129. The van der Waals surface area contributed by atoms with Crippen LogP contribution in [-0.4, -0.2) is 42.5 Å². The Morgan fingerprint density at radius 1 is 0.923 bits per heavy atom. The van der Waals surface area contributed by atoms with Crippen molar-refractivity contribution in [3.63, 3.8) is 0 Å². The van der Waals surface area contributed by atoms with Crippen molar-refractivity contribution in [2.75, 3.05) is 19.0 Å². The molecule has 8 nitrogen and oxygen atoms in total. The van der Waals surface area contributed by atoms with Gasteiger partial charge in [-0.2, -0.15) is 0 Å². The number of likely N-dealkylation sites (tertiary alicyclic amines) is 1. The van der Waals surface area contributed by atoms with Crippen LogP contribution in [0, 0.1) is 0 Å². The summed E-state index contributed by atoms with van der Waals surface area (Å²) in [5.41, 5.74) is 3.25. The summed E-state index contributed by atoms with van der Waals surface area (Å²) in [6.45, 7) is 4.74. The molecule has 0 saturated carbocycles. The first-order valence-electron chi connectivity index (χ1n) is 13.2. The second kappa shape index (κ2) is 13.0. The van der Waals surface area contributed by atoms with Gasteiger partial charge in [-0.05, 0) is 59.7 Å². The molecule has 1 fully saturated rings. The Hall–Kier alpha value is -4.33. The molecule has 1 heterocycles. The summed E-state index contributed by atoms with van der Waals surface area (Å²) in [4.78, 5) is 41.2. The fourth-order valence-electron chi connectivity index (χ4n) is 4.56. The molecule has 39 heavy (non-hydrogen) atoms. The third-order valence-corrected chi connectivity index (χ3v) is 6.84. The number of rotatable bonds is 9. The normalized spacial score (nSPS) is 15.5. The van der Waals surface area contributed by atoms with E-state index in [1.54, 1.807) is 31.4 Å². The van der Waals surface area contributed by atoms with E-state index in [1.165, 1.54) is 4.90 Å². The van der Waals surface area contributed by atoms with Crippen molar-refractivity contribution in [2.24, 2.45) is 0 Å². The second-order valence-electron chi connectivity index (χ2n) is 9.87. The standard InChI is InChI=1S/C31H35N3O5/c1-21(2)23-11-15-25(16-12-23)32-30(36)28(24-13-17-26(38-3)18-14-24)33-29(35)27-10-7-19-34(27)31(37)39-20-22-8-5-4-6-9-22/h4-6,8-9,11-18,21,27-28H,7,10,19-20H2,1-3H3,(H,32,36)(H,33,35)/t27-,28-/m0/s1. The zero-order valence-corrected chi connectivity index (χ0v) is 22.6. The van der Waals surface area contributed by atoms with Gasteiger partial charge in [0, 0.05) is 12.2 Å². The Balaban J connectivity index is 1.48. The third kappa shape index (κ3) is 7.16. The van der Waals surface area contributed by atoms with E-state index in [2.05, 4.69) is 24.5 Å². The first-order valence-corrected chi connectivity index (χ1v) is 13.2. The van der Waals surface area contributed by atoms with Crippen molar-refractivity contribution in [1.82, 2.24) is 10.2 Å². The number of carbonyl (C=O) groups excluding carboxylic acids is 3. The highest BCUT2D eigenvalue weighted by molar-refractivity contribution is 5.99. The minimum Gasteiger partial charge on any atom is -0.497 e. The Morgan fingerprint density at radius 3 is 2.23 bits per heavy atom. The molecule has 0 radical (unpaired) electrons. The lowest BCUT2D eigenvalue weighted by Gasteiger charge is -2.26. The van der Waals surface area contributed by atoms with E-state index >= 15 is 0 Å². The maximum Gasteiger partial charge on any atom is 0.410 e. The molecule has 2 N–H and O–H groups in total. The molecule has 0 aromatic heterocycles. The quantitative estimate of drug-likeness (QED) is 0.386. The molecule has 1 aliphatic heterocycles. The van der Waals surface area contributed by atoms with Gasteiger partial charge in [-0.25, -0.2) is 4.79 Å². The van der Waals surface area contributed by atoms with Gasteiger partial charge >= 0.3 is 6.09 Å². The predicted octanol–water partition coefficient (Wildman–Crippen LogP) is 5.42. The number of nitrogens with one attached hydrogen (secondary N) is 2. The van der Waals surface area contributed by atoms with Gasteiger partial charge in [0.15, 0.2) is 0 Å². The number of methoxy groups -OCH3 is 1. The first kappa shape index (κ1) is 27.7. The molecule has 1 saturated heterocycles. The van der Waals surface area contributed by atoms with Crippen LogP contribution in [0.15, 0.2) is 78.9 Å². The Bertz CT molecular complexity index is 1260. The highest BCUT2D eigenvalue weighted by Gasteiger charge is 2.37. The van der Waals surface area contributed by atoms with Gasteiger partial charge in [0.2, 0.25) is 5.91 Å². The van der Waals surface area contributed by atoms with Crippen LogP contribution in [-0.2, 0) is 20.9 Å². The Kier molecular flexibility index (Phi) is 9.20. The van der Waals surface area contributed by atoms with Gasteiger partial charge < -0.3 is 20.1 Å². The highest BCUT2D eigenvalue weighted by Crippen LogP contribution is 2.24. The smallest absolute Gasteiger partial charge is 0.410 e. The van der Waals surface area contributed by atoms with Crippen LogP contribution in [0.3, 0.4) is 0 Å². The summed E-state index contributed by atoms with van der Waals surface area (Å²) in [7, 11) is 1.56. The molecule has 3 aromatic rings. The number of ether oxygens (including phenoxy) is 2. The van der Waals surface area contributed by atoms with Crippen molar-refractivity contribution >= 4 is 23.6 Å². The summed E-state index contributed by atoms with van der Waals surface area (Å²) in [5.74, 6) is 0.212. The molecule has 2 atom stereocenters. The number of anilines is 1. The molecule has 3 aromatic carbocycles. The summed E-state index contributed by atoms with van der Waals surface area (Å²) < 4.78 is 10.7. The van der Waals surface area contributed by atoms with E-state index in [1.807, 2.05) is 54.6 Å². The van der Waals surface area contributed by atoms with Gasteiger partial charge in [-0.1, -0.05) is 68.4 Å². The molecule has 3 amide bonds. The van der Waals surface area contributed by atoms with E-state index in [4.69, 9.17) is 9.47 Å². The number of carbonyl (C=O) groups is 3. The number of hydrogen-bond donors (Lipinski definition) is 2. The molecule has 0 unspecified atom stereocenters. The molecule has 0 aliphatic carbocycles. The summed E-state index contributed by atoms with van der Waals surface area (Å²) in [5, 5.41) is 5.79. The predicted molar refractivity (Wildman–Crippen MR) is 149 cm³/mol. The van der Waals surface area contributed by atoms with E-state index in [-0.39, 0.29) is 12.5 Å². The highest BCUT2D eigenvalue weighted by atomic mass is 16.6. The number of nitrogens with zero attached hydrogens (tertiary/aromatic N) is 1. The van der Waals surface area contributed by atoms with E-state index in [0.717, 1.165) is 11.1 Å². The molecule has 0 spiro atoms. The molecule has 4 rings (SSSR count). The molecule has 1 aliphatic rings. The minimum atomic E-state index is -0.976. The van der Waals surface area contributed by atoms with Crippen molar-refractivity contribution < 1.29 is 23.9 Å². The van der Waals surface area contributed by atoms with Gasteiger partial charge in [-0.3, -0.25) is 14.5 Å². The topological polar surface area (TPSA) is 97.0 Å². The number of hydrogen-bond acceptors (Lipinski definition) is 5. The van der Waals surface area contributed by atoms with E-state index in [0.29, 0.717) is 42.3 Å². The maximum absolute atomic E-state index is 13.5. The van der Waals surface area contributed by atoms with E-state index < -0.39 is 24.1 Å². The molecule has 8 heteroatoms. The fourth-order valence-corrected chi connectivity index (χ4v) is 4.56. The SMILES string of the molecule is COc1ccc([C@H](NC(=O)[C@@H]2CCCN2C(=O)OCc2ccccc2)C(=O)Nc2ccc(C(C)C)cc2)cc1.